The summed E-state index contributed by atoms with van der Waals surface area (Å²) in [7, 11) is 0. The van der Waals surface area contributed by atoms with Gasteiger partial charge in [0.05, 0.1) is 11.1 Å². The minimum atomic E-state index is -0.947. The highest BCUT2D eigenvalue weighted by atomic mass is 17.4. The van der Waals surface area contributed by atoms with Gasteiger partial charge in [-0.15, -0.1) is 4.99 Å². The molecule has 1 aromatic carbocycles. The second kappa shape index (κ2) is 3.79. The van der Waals surface area contributed by atoms with Crippen molar-refractivity contribution in [3.63, 3.8) is 0 Å². The molecule has 2 heterocycles. The summed E-state index contributed by atoms with van der Waals surface area (Å²) in [5, 5.41) is 14.2. The van der Waals surface area contributed by atoms with Gasteiger partial charge in [-0.05, 0) is 39.8 Å². The molecule has 6 nitrogen and oxygen atoms in total. The van der Waals surface area contributed by atoms with Crippen molar-refractivity contribution in [3.8, 4) is 0 Å². The molecule has 2 aliphatic rings. The average molecular weight is 278 g/mol. The van der Waals surface area contributed by atoms with E-state index in [9.17, 15) is 4.79 Å². The molecule has 2 fully saturated rings. The highest BCUT2D eigenvalue weighted by Crippen LogP contribution is 2.52. The minimum Gasteiger partial charge on any atom is -0.478 e. The molecule has 0 saturated carbocycles. The Hall–Kier alpha value is -1.47. The Labute approximate surface area is 117 Å². The van der Waals surface area contributed by atoms with E-state index in [0.717, 1.165) is 5.56 Å². The van der Waals surface area contributed by atoms with Gasteiger partial charge in [0.2, 0.25) is 0 Å². The van der Waals surface area contributed by atoms with Crippen molar-refractivity contribution < 1.29 is 19.8 Å². The number of rotatable bonds is 2. The number of nitrogens with one attached hydrogen (secondary N) is 1. The molecule has 0 spiro atoms. The van der Waals surface area contributed by atoms with E-state index in [1.807, 2.05) is 0 Å². The van der Waals surface area contributed by atoms with Gasteiger partial charge < -0.3 is 5.11 Å². The first kappa shape index (κ1) is 13.5. The van der Waals surface area contributed by atoms with Gasteiger partial charge >= 0.3 is 5.97 Å². The van der Waals surface area contributed by atoms with Crippen LogP contribution in [-0.2, 0) is 15.7 Å². The molecule has 20 heavy (non-hydrogen) atoms. The summed E-state index contributed by atoms with van der Waals surface area (Å²) >= 11 is 0. The third-order valence-corrected chi connectivity index (χ3v) is 4.56. The van der Waals surface area contributed by atoms with Gasteiger partial charge in [0.1, 0.15) is 0 Å². The Morgan fingerprint density at radius 3 is 2.20 bits per heavy atom. The van der Waals surface area contributed by atoms with Crippen LogP contribution in [0.5, 0.6) is 0 Å². The van der Waals surface area contributed by atoms with E-state index in [1.54, 1.807) is 29.3 Å². The van der Waals surface area contributed by atoms with Crippen molar-refractivity contribution >= 4 is 5.97 Å². The van der Waals surface area contributed by atoms with Gasteiger partial charge in [0, 0.05) is 11.1 Å². The first-order valence-electron chi connectivity index (χ1n) is 6.50. The van der Waals surface area contributed by atoms with Crippen LogP contribution in [0.25, 0.3) is 0 Å². The van der Waals surface area contributed by atoms with Gasteiger partial charge in [0.25, 0.3) is 5.85 Å². The van der Waals surface area contributed by atoms with E-state index < -0.39 is 11.8 Å². The van der Waals surface area contributed by atoms with Crippen LogP contribution in [0.2, 0.25) is 0 Å². The highest BCUT2D eigenvalue weighted by molar-refractivity contribution is 5.87. The predicted molar refractivity (Wildman–Crippen MR) is 70.4 cm³/mol. The smallest absolute Gasteiger partial charge is 0.335 e. The molecular formula is C14H18N2O4. The molecule has 108 valence electrons. The van der Waals surface area contributed by atoms with Crippen molar-refractivity contribution in [2.24, 2.45) is 0 Å². The SMILES string of the molecule is CC1(C)NC2(c3ccc(C(=O)O)cc3)OON2C1(C)C. The zero-order chi connectivity index (χ0) is 14.8. The van der Waals surface area contributed by atoms with Gasteiger partial charge in [0.15, 0.2) is 0 Å². The highest BCUT2D eigenvalue weighted by Gasteiger charge is 2.69. The van der Waals surface area contributed by atoms with E-state index in [2.05, 4.69) is 33.0 Å². The van der Waals surface area contributed by atoms with Crippen LogP contribution in [0.4, 0.5) is 0 Å². The number of aromatic carboxylic acids is 1. The van der Waals surface area contributed by atoms with Crippen LogP contribution >= 0.6 is 0 Å². The van der Waals surface area contributed by atoms with Gasteiger partial charge in [-0.1, -0.05) is 17.2 Å². The monoisotopic (exact) mass is 278 g/mol. The third-order valence-electron chi connectivity index (χ3n) is 4.56. The summed E-state index contributed by atoms with van der Waals surface area (Å²) in [5.74, 6) is -1.80. The largest absolute Gasteiger partial charge is 0.478 e. The Morgan fingerprint density at radius 1 is 1.20 bits per heavy atom. The average Bonchev–Trinajstić information content (AvgIpc) is 2.43. The quantitative estimate of drug-likeness (QED) is 0.804. The number of carboxylic acid groups (broad SMARTS) is 1. The topological polar surface area (TPSA) is 71.0 Å². The number of hydrogen-bond acceptors (Lipinski definition) is 5. The van der Waals surface area contributed by atoms with Crippen molar-refractivity contribution in [1.82, 2.24) is 10.4 Å². The lowest BCUT2D eigenvalue weighted by atomic mass is 9.84. The van der Waals surface area contributed by atoms with E-state index in [1.165, 1.54) is 0 Å². The van der Waals surface area contributed by atoms with E-state index in [0.29, 0.717) is 0 Å². The van der Waals surface area contributed by atoms with Crippen molar-refractivity contribution in [2.45, 2.75) is 44.6 Å². The molecule has 2 saturated heterocycles. The number of hydrogen-bond donors (Lipinski definition) is 2. The summed E-state index contributed by atoms with van der Waals surface area (Å²) in [6, 6.07) is 6.60. The molecule has 3 rings (SSSR count). The maximum absolute atomic E-state index is 10.9. The second-order valence-electron chi connectivity index (χ2n) is 6.29. The lowest BCUT2D eigenvalue weighted by molar-refractivity contribution is -0.653. The number of carbonyl (C=O) groups is 1. The Bertz CT molecular complexity index is 567. The summed E-state index contributed by atoms with van der Waals surface area (Å²) in [6.07, 6.45) is 0. The third kappa shape index (κ3) is 1.50. The Morgan fingerprint density at radius 2 is 1.80 bits per heavy atom. The predicted octanol–water partition coefficient (Wildman–Crippen LogP) is 1.83. The van der Waals surface area contributed by atoms with Crippen LogP contribution in [0, 0.1) is 0 Å². The first-order valence-corrected chi connectivity index (χ1v) is 6.50. The van der Waals surface area contributed by atoms with Gasteiger partial charge in [-0.2, -0.15) is 4.89 Å². The zero-order valence-electron chi connectivity index (χ0n) is 11.9. The van der Waals surface area contributed by atoms with Gasteiger partial charge in [-0.3, -0.25) is 5.32 Å². The minimum absolute atomic E-state index is 0.241. The molecule has 0 aliphatic carbocycles. The maximum Gasteiger partial charge on any atom is 0.335 e. The first-order chi connectivity index (χ1) is 9.21. The molecule has 2 N–H and O–H groups in total. The molecule has 0 amide bonds. The summed E-state index contributed by atoms with van der Waals surface area (Å²) in [5.41, 5.74) is 0.534. The maximum atomic E-state index is 10.9. The lowest BCUT2D eigenvalue weighted by Crippen LogP contribution is -2.63. The Kier molecular flexibility index (Phi) is 2.56. The fraction of sp³-hybridized carbons (Fsp3) is 0.500. The molecule has 1 atom stereocenters. The number of fused-ring (bicyclic) bond motifs is 1. The van der Waals surface area contributed by atoms with E-state index >= 15 is 0 Å². The van der Waals surface area contributed by atoms with Crippen LogP contribution in [-0.4, -0.2) is 27.2 Å². The zero-order valence-corrected chi connectivity index (χ0v) is 11.9. The molecule has 6 heteroatoms. The fourth-order valence-corrected chi connectivity index (χ4v) is 2.61. The van der Waals surface area contributed by atoms with Gasteiger partial charge in [-0.25, -0.2) is 4.79 Å². The van der Waals surface area contributed by atoms with Crippen LogP contribution in [0.3, 0.4) is 0 Å². The molecule has 0 aromatic heterocycles. The number of hydroxylamine groups is 2. The summed E-state index contributed by atoms with van der Waals surface area (Å²) in [4.78, 5) is 21.5. The summed E-state index contributed by atoms with van der Waals surface area (Å²) in [6.45, 7) is 8.28. The van der Waals surface area contributed by atoms with E-state index in [4.69, 9.17) is 15.0 Å². The molecule has 0 bridgehead atoms. The molecule has 2 aliphatic heterocycles. The standard InChI is InChI=1S/C14H18N2O4/c1-12(2)13(3,4)16-14(15-12,19-20-16)10-7-5-9(6-8-10)11(17)18/h5-8,15H,1-4H3,(H,17,18). The van der Waals surface area contributed by atoms with Crippen molar-refractivity contribution in [2.75, 3.05) is 0 Å². The Balaban J connectivity index is 2.00. The molecule has 0 radical (unpaired) electrons. The second-order valence-corrected chi connectivity index (χ2v) is 6.29. The van der Waals surface area contributed by atoms with Crippen molar-refractivity contribution in [1.29, 1.82) is 0 Å². The van der Waals surface area contributed by atoms with Crippen molar-refractivity contribution in [3.05, 3.63) is 35.4 Å². The molecular weight excluding hydrogens is 260 g/mol. The number of carboxylic acids is 1. The lowest BCUT2D eigenvalue weighted by Gasteiger charge is -2.47. The fourth-order valence-electron chi connectivity index (χ4n) is 2.61. The summed E-state index contributed by atoms with van der Waals surface area (Å²) < 4.78 is 0. The molecule has 1 aromatic rings. The van der Waals surface area contributed by atoms with Crippen LogP contribution in [0.1, 0.15) is 43.6 Å². The number of nitrogens with zero attached hydrogens (tertiary/aromatic N) is 1. The van der Waals surface area contributed by atoms with E-state index in [-0.39, 0.29) is 16.6 Å². The normalized spacial score (nSPS) is 30.6. The molecule has 1 unspecified atom stereocenters. The number of benzene rings is 1. The van der Waals surface area contributed by atoms with Crippen LogP contribution in [0.15, 0.2) is 24.3 Å². The van der Waals surface area contributed by atoms with Crippen LogP contribution < -0.4 is 5.32 Å².